The maximum absolute atomic E-state index is 10.6. The number of aliphatic carboxylic acids is 1. The molecule has 0 spiro atoms. The number of fused-ring (bicyclic) bond motifs is 1. The Morgan fingerprint density at radius 3 is 3.15 bits per heavy atom. The largest absolute Gasteiger partial charge is 0.481 e. The van der Waals surface area contributed by atoms with Crippen molar-refractivity contribution in [2.75, 3.05) is 13.1 Å². The van der Waals surface area contributed by atoms with Crippen LogP contribution in [0, 0.1) is 5.92 Å². The Balaban J connectivity index is 1.57. The number of carbonyl (C=O) groups is 1. The molecule has 0 aromatic carbocycles. The molecule has 20 heavy (non-hydrogen) atoms. The summed E-state index contributed by atoms with van der Waals surface area (Å²) >= 11 is 0. The lowest BCUT2D eigenvalue weighted by Crippen LogP contribution is -2.20. The van der Waals surface area contributed by atoms with Gasteiger partial charge in [0, 0.05) is 31.9 Å². The molecule has 2 aromatic rings. The Kier molecular flexibility index (Phi) is 3.69. The number of carboxylic acid groups (broad SMARTS) is 1. The third kappa shape index (κ3) is 2.99. The number of likely N-dealkylation sites (tertiary alicyclic amines) is 1. The fraction of sp³-hybridized carbons (Fsp3) is 0.467. The lowest BCUT2D eigenvalue weighted by atomic mass is 10.0. The normalized spacial score (nSPS) is 19.7. The van der Waals surface area contributed by atoms with E-state index in [0.29, 0.717) is 5.92 Å². The average molecular weight is 273 g/mol. The predicted molar refractivity (Wildman–Crippen MR) is 75.4 cm³/mol. The summed E-state index contributed by atoms with van der Waals surface area (Å²) in [6.45, 7) is 2.88. The van der Waals surface area contributed by atoms with E-state index in [1.165, 1.54) is 0 Å². The fourth-order valence-corrected chi connectivity index (χ4v) is 2.91. The van der Waals surface area contributed by atoms with Crippen LogP contribution in [-0.4, -0.2) is 38.4 Å². The second-order valence-corrected chi connectivity index (χ2v) is 5.52. The summed E-state index contributed by atoms with van der Waals surface area (Å²) in [5.74, 6) is -0.174. The number of aromatic nitrogens is 2. The van der Waals surface area contributed by atoms with Gasteiger partial charge in [0.2, 0.25) is 0 Å². The van der Waals surface area contributed by atoms with Gasteiger partial charge >= 0.3 is 5.97 Å². The van der Waals surface area contributed by atoms with Gasteiger partial charge in [0.05, 0.1) is 5.69 Å². The standard InChI is InChI=1S/C15H19N3O2/c19-15(20)5-4-12-6-8-17(9-12)10-13-11-18-7-2-1-3-14(18)16-13/h1-3,7,11-12H,4-6,8-10H2,(H,19,20). The molecule has 5 heteroatoms. The smallest absolute Gasteiger partial charge is 0.303 e. The Hall–Kier alpha value is -1.88. The minimum absolute atomic E-state index is 0.285. The summed E-state index contributed by atoms with van der Waals surface area (Å²) < 4.78 is 2.04. The van der Waals surface area contributed by atoms with Crippen LogP contribution >= 0.6 is 0 Å². The number of rotatable bonds is 5. The maximum atomic E-state index is 10.6. The Morgan fingerprint density at radius 2 is 2.35 bits per heavy atom. The lowest BCUT2D eigenvalue weighted by molar-refractivity contribution is -0.137. The van der Waals surface area contributed by atoms with Gasteiger partial charge in [-0.15, -0.1) is 0 Å². The van der Waals surface area contributed by atoms with Crippen molar-refractivity contribution in [1.29, 1.82) is 0 Å². The van der Waals surface area contributed by atoms with Crippen molar-refractivity contribution < 1.29 is 9.90 Å². The van der Waals surface area contributed by atoms with Gasteiger partial charge in [0.15, 0.2) is 0 Å². The first-order chi connectivity index (χ1) is 9.70. The highest BCUT2D eigenvalue weighted by molar-refractivity contribution is 5.66. The maximum Gasteiger partial charge on any atom is 0.303 e. The zero-order chi connectivity index (χ0) is 13.9. The first kappa shape index (κ1) is 13.1. The van der Waals surface area contributed by atoms with Gasteiger partial charge in [-0.1, -0.05) is 6.07 Å². The number of hydrogen-bond acceptors (Lipinski definition) is 3. The van der Waals surface area contributed by atoms with Crippen LogP contribution in [0.25, 0.3) is 5.65 Å². The van der Waals surface area contributed by atoms with E-state index in [1.54, 1.807) is 0 Å². The molecule has 1 unspecified atom stereocenters. The van der Waals surface area contributed by atoms with E-state index in [1.807, 2.05) is 28.8 Å². The van der Waals surface area contributed by atoms with Crippen molar-refractivity contribution >= 4 is 11.6 Å². The highest BCUT2D eigenvalue weighted by Crippen LogP contribution is 2.22. The first-order valence-corrected chi connectivity index (χ1v) is 7.07. The SMILES string of the molecule is O=C(O)CCC1CCN(Cc2cn3ccccc3n2)C1. The third-order valence-electron chi connectivity index (χ3n) is 3.94. The van der Waals surface area contributed by atoms with E-state index < -0.39 is 5.97 Å². The summed E-state index contributed by atoms with van der Waals surface area (Å²) in [5.41, 5.74) is 2.05. The molecule has 0 saturated carbocycles. The fourth-order valence-electron chi connectivity index (χ4n) is 2.91. The average Bonchev–Trinajstić information content (AvgIpc) is 3.02. The summed E-state index contributed by atoms with van der Waals surface area (Å²) in [6.07, 6.45) is 6.25. The zero-order valence-electron chi connectivity index (χ0n) is 11.4. The molecular formula is C15H19N3O2. The molecule has 1 fully saturated rings. The zero-order valence-corrected chi connectivity index (χ0v) is 11.4. The number of imidazole rings is 1. The van der Waals surface area contributed by atoms with E-state index in [0.717, 1.165) is 43.8 Å². The molecule has 1 saturated heterocycles. The Labute approximate surface area is 117 Å². The molecule has 5 nitrogen and oxygen atoms in total. The summed E-state index contributed by atoms with van der Waals surface area (Å²) in [4.78, 5) is 17.6. The van der Waals surface area contributed by atoms with Gasteiger partial charge in [0.1, 0.15) is 5.65 Å². The number of hydrogen-bond donors (Lipinski definition) is 1. The van der Waals surface area contributed by atoms with Crippen molar-refractivity contribution in [2.45, 2.75) is 25.8 Å². The summed E-state index contributed by atoms with van der Waals surface area (Å²) in [6, 6.07) is 5.99. The van der Waals surface area contributed by atoms with Crippen molar-refractivity contribution in [2.24, 2.45) is 5.92 Å². The van der Waals surface area contributed by atoms with Gasteiger partial charge in [-0.25, -0.2) is 4.98 Å². The molecule has 3 heterocycles. The highest BCUT2D eigenvalue weighted by Gasteiger charge is 2.23. The molecular weight excluding hydrogens is 254 g/mol. The van der Waals surface area contributed by atoms with Gasteiger partial charge in [-0.05, 0) is 37.4 Å². The van der Waals surface area contributed by atoms with E-state index in [4.69, 9.17) is 5.11 Å². The molecule has 1 N–H and O–H groups in total. The molecule has 1 aliphatic heterocycles. The summed E-state index contributed by atoms with van der Waals surface area (Å²) in [5, 5.41) is 8.73. The summed E-state index contributed by atoms with van der Waals surface area (Å²) in [7, 11) is 0. The molecule has 1 atom stereocenters. The monoisotopic (exact) mass is 273 g/mol. The Bertz CT molecular complexity index is 575. The molecule has 0 amide bonds. The van der Waals surface area contributed by atoms with Crippen molar-refractivity contribution in [3.63, 3.8) is 0 Å². The van der Waals surface area contributed by atoms with Crippen LogP contribution in [0.4, 0.5) is 0 Å². The van der Waals surface area contributed by atoms with Crippen LogP contribution < -0.4 is 0 Å². The lowest BCUT2D eigenvalue weighted by Gasteiger charge is -2.13. The van der Waals surface area contributed by atoms with Crippen molar-refractivity contribution in [3.05, 3.63) is 36.3 Å². The van der Waals surface area contributed by atoms with E-state index >= 15 is 0 Å². The van der Waals surface area contributed by atoms with Crippen molar-refractivity contribution in [1.82, 2.24) is 14.3 Å². The van der Waals surface area contributed by atoms with E-state index in [9.17, 15) is 4.79 Å². The van der Waals surface area contributed by atoms with Gasteiger partial charge in [-0.2, -0.15) is 0 Å². The van der Waals surface area contributed by atoms with Crippen LogP contribution in [-0.2, 0) is 11.3 Å². The Morgan fingerprint density at radius 1 is 1.45 bits per heavy atom. The van der Waals surface area contributed by atoms with Crippen LogP contribution in [0.5, 0.6) is 0 Å². The van der Waals surface area contributed by atoms with Crippen LogP contribution in [0.3, 0.4) is 0 Å². The third-order valence-corrected chi connectivity index (χ3v) is 3.94. The van der Waals surface area contributed by atoms with Gasteiger partial charge in [-0.3, -0.25) is 9.69 Å². The second-order valence-electron chi connectivity index (χ2n) is 5.52. The van der Waals surface area contributed by atoms with Gasteiger partial charge in [0.25, 0.3) is 0 Å². The van der Waals surface area contributed by atoms with Crippen molar-refractivity contribution in [3.8, 4) is 0 Å². The molecule has 0 aliphatic carbocycles. The molecule has 0 radical (unpaired) electrons. The van der Waals surface area contributed by atoms with E-state index in [-0.39, 0.29) is 6.42 Å². The second kappa shape index (κ2) is 5.63. The van der Waals surface area contributed by atoms with Crippen LogP contribution in [0.2, 0.25) is 0 Å². The molecule has 0 bridgehead atoms. The topological polar surface area (TPSA) is 57.8 Å². The molecule has 3 rings (SSSR count). The minimum Gasteiger partial charge on any atom is -0.481 e. The first-order valence-electron chi connectivity index (χ1n) is 7.07. The quantitative estimate of drug-likeness (QED) is 0.905. The molecule has 106 valence electrons. The van der Waals surface area contributed by atoms with E-state index in [2.05, 4.69) is 16.1 Å². The predicted octanol–water partition coefficient (Wildman–Crippen LogP) is 2.02. The number of carboxylic acids is 1. The highest BCUT2D eigenvalue weighted by atomic mass is 16.4. The number of pyridine rings is 1. The number of nitrogens with zero attached hydrogens (tertiary/aromatic N) is 3. The molecule has 2 aromatic heterocycles. The molecule has 1 aliphatic rings. The van der Waals surface area contributed by atoms with Crippen LogP contribution in [0.15, 0.2) is 30.6 Å². The van der Waals surface area contributed by atoms with Gasteiger partial charge < -0.3 is 9.51 Å². The van der Waals surface area contributed by atoms with Crippen LogP contribution in [0.1, 0.15) is 25.0 Å². The minimum atomic E-state index is -0.691.